The average molecular weight is 407 g/mol. The first kappa shape index (κ1) is 19.2. The molecule has 0 fully saturated rings. The second kappa shape index (κ2) is 9.36. The van der Waals surface area contributed by atoms with Gasteiger partial charge in [0.2, 0.25) is 0 Å². The van der Waals surface area contributed by atoms with E-state index in [-0.39, 0.29) is 0 Å². The fourth-order valence-electron chi connectivity index (χ4n) is 2.70. The Labute approximate surface area is 168 Å². The lowest BCUT2D eigenvalue weighted by atomic mass is 10.1. The fraction of sp³-hybridized carbons (Fsp3) is 0.250. The second-order valence-corrected chi connectivity index (χ2v) is 8.06. The van der Waals surface area contributed by atoms with Gasteiger partial charge >= 0.3 is 0 Å². The van der Waals surface area contributed by atoms with Crippen LogP contribution >= 0.6 is 35.0 Å². The molecule has 1 aromatic heterocycles. The first-order chi connectivity index (χ1) is 12.7. The third kappa shape index (κ3) is 5.19. The van der Waals surface area contributed by atoms with Crippen LogP contribution in [0.15, 0.2) is 66.1 Å². The lowest BCUT2D eigenvalue weighted by Crippen LogP contribution is -2.13. The van der Waals surface area contributed by atoms with E-state index in [9.17, 15) is 0 Å². The normalized spacial score (nSPS) is 12.1. The molecule has 1 atom stereocenters. The van der Waals surface area contributed by atoms with Crippen LogP contribution in [0.4, 0.5) is 0 Å². The van der Waals surface area contributed by atoms with Crippen molar-refractivity contribution < 1.29 is 4.74 Å². The van der Waals surface area contributed by atoms with Crippen LogP contribution in [0.2, 0.25) is 10.0 Å². The van der Waals surface area contributed by atoms with Gasteiger partial charge in [-0.25, -0.2) is 4.98 Å². The molecule has 0 aliphatic rings. The number of aryl methyl sites for hydroxylation is 1. The van der Waals surface area contributed by atoms with Crippen molar-refractivity contribution >= 4 is 35.0 Å². The molecule has 0 spiro atoms. The number of hydrogen-bond acceptors (Lipinski definition) is 3. The fourth-order valence-corrected chi connectivity index (χ4v) is 4.54. The molecule has 0 N–H and O–H groups in total. The molecular weight excluding hydrogens is 387 g/mol. The molecule has 26 heavy (non-hydrogen) atoms. The van der Waals surface area contributed by atoms with Crippen molar-refractivity contribution in [2.75, 3.05) is 7.11 Å². The highest BCUT2D eigenvalue weighted by molar-refractivity contribution is 8.00. The van der Waals surface area contributed by atoms with Crippen molar-refractivity contribution in [2.24, 2.45) is 0 Å². The third-order valence-corrected chi connectivity index (χ3v) is 6.34. The van der Waals surface area contributed by atoms with Crippen LogP contribution < -0.4 is 4.74 Å². The summed E-state index contributed by atoms with van der Waals surface area (Å²) in [6, 6.07) is 13.9. The predicted molar refractivity (Wildman–Crippen MR) is 110 cm³/mol. The highest BCUT2D eigenvalue weighted by atomic mass is 35.5. The SMILES string of the molecule is COc1ccc(CCC(Cn2ccnc2)Sc2c(Cl)cccc2Cl)cc1. The van der Waals surface area contributed by atoms with Crippen LogP contribution in [0.5, 0.6) is 5.75 Å². The van der Waals surface area contributed by atoms with E-state index in [1.54, 1.807) is 25.1 Å². The van der Waals surface area contributed by atoms with E-state index >= 15 is 0 Å². The molecule has 0 aliphatic carbocycles. The first-order valence-electron chi connectivity index (χ1n) is 8.35. The van der Waals surface area contributed by atoms with Crippen molar-refractivity contribution in [2.45, 2.75) is 29.5 Å². The molecule has 6 heteroatoms. The quantitative estimate of drug-likeness (QED) is 0.429. The summed E-state index contributed by atoms with van der Waals surface area (Å²) in [5, 5.41) is 1.72. The Hall–Kier alpha value is -1.62. The molecule has 3 aromatic rings. The molecule has 0 radical (unpaired) electrons. The largest absolute Gasteiger partial charge is 0.497 e. The van der Waals surface area contributed by atoms with Crippen LogP contribution in [-0.2, 0) is 13.0 Å². The van der Waals surface area contributed by atoms with Gasteiger partial charge < -0.3 is 9.30 Å². The predicted octanol–water partition coefficient (Wildman–Crippen LogP) is 5.99. The summed E-state index contributed by atoms with van der Waals surface area (Å²) in [5.41, 5.74) is 1.28. The standard InChI is InChI=1S/C20H20Cl2N2OS/c1-25-16-8-5-15(6-9-16)7-10-17(13-24-12-11-23-14-24)26-20-18(21)3-2-4-19(20)22/h2-6,8-9,11-12,14,17H,7,10,13H2,1H3. The molecule has 136 valence electrons. The topological polar surface area (TPSA) is 27.1 Å². The molecule has 0 saturated carbocycles. The summed E-state index contributed by atoms with van der Waals surface area (Å²) >= 11 is 14.5. The second-order valence-electron chi connectivity index (χ2n) is 5.94. The Balaban J connectivity index is 1.72. The van der Waals surface area contributed by atoms with Gasteiger partial charge in [-0.1, -0.05) is 41.4 Å². The number of hydrogen-bond donors (Lipinski definition) is 0. The lowest BCUT2D eigenvalue weighted by Gasteiger charge is -2.19. The number of rotatable bonds is 8. The summed E-state index contributed by atoms with van der Waals surface area (Å²) in [7, 11) is 1.68. The van der Waals surface area contributed by atoms with Crippen molar-refractivity contribution in [1.82, 2.24) is 9.55 Å². The zero-order valence-corrected chi connectivity index (χ0v) is 16.8. The van der Waals surface area contributed by atoms with Crippen LogP contribution in [-0.4, -0.2) is 21.9 Å². The summed E-state index contributed by atoms with van der Waals surface area (Å²) in [6.07, 6.45) is 7.59. The van der Waals surface area contributed by atoms with Gasteiger partial charge in [-0.2, -0.15) is 0 Å². The molecule has 1 heterocycles. The van der Waals surface area contributed by atoms with Crippen LogP contribution in [0.25, 0.3) is 0 Å². The van der Waals surface area contributed by atoms with Crippen LogP contribution in [0, 0.1) is 0 Å². The Morgan fingerprint density at radius 1 is 1.12 bits per heavy atom. The average Bonchev–Trinajstić information content (AvgIpc) is 3.16. The number of ether oxygens (including phenoxy) is 1. The van der Waals surface area contributed by atoms with Gasteiger partial charge in [0, 0.05) is 29.1 Å². The van der Waals surface area contributed by atoms with E-state index in [4.69, 9.17) is 27.9 Å². The zero-order chi connectivity index (χ0) is 18.4. The van der Waals surface area contributed by atoms with Crippen molar-refractivity contribution in [3.05, 3.63) is 76.8 Å². The number of thioether (sulfide) groups is 1. The molecule has 0 aliphatic heterocycles. The Kier molecular flexibility index (Phi) is 6.89. The molecule has 0 saturated heterocycles. The molecule has 3 rings (SSSR count). The number of nitrogens with zero attached hydrogens (tertiary/aromatic N) is 2. The van der Waals surface area contributed by atoms with Crippen molar-refractivity contribution in [3.63, 3.8) is 0 Å². The molecule has 1 unspecified atom stereocenters. The Morgan fingerprint density at radius 2 is 1.85 bits per heavy atom. The summed E-state index contributed by atoms with van der Waals surface area (Å²) < 4.78 is 7.32. The Bertz CT molecular complexity index is 802. The maximum atomic E-state index is 6.37. The molecule has 0 bridgehead atoms. The summed E-state index contributed by atoms with van der Waals surface area (Å²) in [4.78, 5) is 5.08. The van der Waals surface area contributed by atoms with Gasteiger partial charge in [0.15, 0.2) is 0 Å². The van der Waals surface area contributed by atoms with E-state index < -0.39 is 0 Å². The smallest absolute Gasteiger partial charge is 0.118 e. The number of halogens is 2. The zero-order valence-electron chi connectivity index (χ0n) is 14.4. The van der Waals surface area contributed by atoms with Gasteiger partial charge in [0.1, 0.15) is 5.75 Å². The van der Waals surface area contributed by atoms with E-state index in [1.807, 2.05) is 42.9 Å². The number of aromatic nitrogens is 2. The van der Waals surface area contributed by atoms with Gasteiger partial charge in [0.25, 0.3) is 0 Å². The van der Waals surface area contributed by atoms with Gasteiger partial charge in [-0.3, -0.25) is 0 Å². The monoisotopic (exact) mass is 406 g/mol. The maximum Gasteiger partial charge on any atom is 0.118 e. The maximum absolute atomic E-state index is 6.37. The molecule has 0 amide bonds. The number of benzene rings is 2. The van der Waals surface area contributed by atoms with Crippen molar-refractivity contribution in [3.8, 4) is 5.75 Å². The molecule has 3 nitrogen and oxygen atoms in total. The number of methoxy groups -OCH3 is 1. The van der Waals surface area contributed by atoms with Crippen molar-refractivity contribution in [1.29, 1.82) is 0 Å². The van der Waals surface area contributed by atoms with Gasteiger partial charge in [-0.05, 0) is 42.7 Å². The molecule has 2 aromatic carbocycles. The minimum absolute atomic E-state index is 0.323. The summed E-state index contributed by atoms with van der Waals surface area (Å²) in [6.45, 7) is 0.850. The van der Waals surface area contributed by atoms with Crippen LogP contribution in [0.1, 0.15) is 12.0 Å². The number of imidazole rings is 1. The minimum atomic E-state index is 0.323. The van der Waals surface area contributed by atoms with E-state index in [0.29, 0.717) is 15.3 Å². The van der Waals surface area contributed by atoms with E-state index in [0.717, 1.165) is 30.0 Å². The highest BCUT2D eigenvalue weighted by Gasteiger charge is 2.16. The van der Waals surface area contributed by atoms with Crippen LogP contribution in [0.3, 0.4) is 0 Å². The third-order valence-electron chi connectivity index (χ3n) is 4.09. The van der Waals surface area contributed by atoms with E-state index in [1.165, 1.54) is 5.56 Å². The molecular formula is C20H20Cl2N2OS. The van der Waals surface area contributed by atoms with Gasteiger partial charge in [-0.15, -0.1) is 11.8 Å². The minimum Gasteiger partial charge on any atom is -0.497 e. The van der Waals surface area contributed by atoms with E-state index in [2.05, 4.69) is 21.7 Å². The highest BCUT2D eigenvalue weighted by Crippen LogP contribution is 2.38. The lowest BCUT2D eigenvalue weighted by molar-refractivity contribution is 0.414. The van der Waals surface area contributed by atoms with Gasteiger partial charge in [0.05, 0.1) is 23.5 Å². The Morgan fingerprint density at radius 3 is 2.46 bits per heavy atom. The summed E-state index contributed by atoms with van der Waals surface area (Å²) in [5.74, 6) is 0.876. The first-order valence-corrected chi connectivity index (χ1v) is 9.98.